The van der Waals surface area contributed by atoms with Gasteiger partial charge in [-0.2, -0.15) is 0 Å². The number of carbonyl (C=O) groups excluding carboxylic acids is 3. The van der Waals surface area contributed by atoms with Crippen molar-refractivity contribution in [3.63, 3.8) is 0 Å². The lowest BCUT2D eigenvalue weighted by Crippen LogP contribution is -2.55. The molecular formula is C42H79NO7. The molecule has 0 amide bonds. The average Bonchev–Trinajstić information content (AvgIpc) is 3.06. The van der Waals surface area contributed by atoms with E-state index >= 15 is 0 Å². The average molecular weight is 710 g/mol. The molecule has 2 atom stereocenters. The van der Waals surface area contributed by atoms with Gasteiger partial charge in [0.2, 0.25) is 0 Å². The largest absolute Gasteiger partial charge is 0.544 e. The predicted octanol–water partition coefficient (Wildman–Crippen LogP) is 9.41. The Morgan fingerprint density at radius 1 is 0.580 bits per heavy atom. The van der Waals surface area contributed by atoms with Crippen LogP contribution in [0, 0.1) is 0 Å². The fourth-order valence-electron chi connectivity index (χ4n) is 6.15. The summed E-state index contributed by atoms with van der Waals surface area (Å²) in [7, 11) is 5.39. The van der Waals surface area contributed by atoms with Gasteiger partial charge in [-0.25, -0.2) is 0 Å². The third kappa shape index (κ3) is 32.0. The molecule has 0 aliphatic carbocycles. The van der Waals surface area contributed by atoms with E-state index in [1.165, 1.54) is 116 Å². The second kappa shape index (κ2) is 34.2. The zero-order valence-electron chi connectivity index (χ0n) is 33.3. The molecule has 0 spiro atoms. The Morgan fingerprint density at radius 3 is 1.52 bits per heavy atom. The summed E-state index contributed by atoms with van der Waals surface area (Å²) < 4.78 is 17.0. The molecular weight excluding hydrogens is 630 g/mol. The molecule has 0 aliphatic rings. The molecule has 8 heteroatoms. The first-order chi connectivity index (χ1) is 24.1. The highest BCUT2D eigenvalue weighted by Gasteiger charge is 2.25. The van der Waals surface area contributed by atoms with Crippen LogP contribution in [0.4, 0.5) is 0 Å². The summed E-state index contributed by atoms with van der Waals surface area (Å²) in [5.41, 5.74) is 0. The van der Waals surface area contributed by atoms with Crippen LogP contribution in [0.15, 0.2) is 12.2 Å². The van der Waals surface area contributed by atoms with E-state index in [-0.39, 0.29) is 49.1 Å². The number of carboxylic acid groups (broad SMARTS) is 1. The Kier molecular flexibility index (Phi) is 32.9. The normalized spacial score (nSPS) is 13.1. The molecule has 0 radical (unpaired) electrons. The number of unbranched alkanes of at least 4 members (excludes halogenated alkanes) is 21. The third-order valence-corrected chi connectivity index (χ3v) is 9.42. The second-order valence-corrected chi connectivity index (χ2v) is 15.2. The number of hydrogen-bond donors (Lipinski definition) is 0. The number of carboxylic acids is 1. The molecule has 2 unspecified atom stereocenters. The highest BCUT2D eigenvalue weighted by atomic mass is 16.6. The fourth-order valence-corrected chi connectivity index (χ4v) is 6.15. The van der Waals surface area contributed by atoms with E-state index in [9.17, 15) is 19.5 Å². The summed E-state index contributed by atoms with van der Waals surface area (Å²) in [4.78, 5) is 36.5. The molecule has 0 N–H and O–H groups in total. The second-order valence-electron chi connectivity index (χ2n) is 15.2. The predicted molar refractivity (Wildman–Crippen MR) is 204 cm³/mol. The monoisotopic (exact) mass is 710 g/mol. The lowest BCUT2D eigenvalue weighted by atomic mass is 10.0. The highest BCUT2D eigenvalue weighted by Crippen LogP contribution is 2.15. The fraction of sp³-hybridized carbons (Fsp3) is 0.881. The molecule has 0 saturated carbocycles. The molecule has 8 nitrogen and oxygen atoms in total. The Morgan fingerprint density at radius 2 is 1.04 bits per heavy atom. The molecule has 294 valence electrons. The zero-order chi connectivity index (χ0) is 37.1. The van der Waals surface area contributed by atoms with Gasteiger partial charge in [0, 0.05) is 19.3 Å². The van der Waals surface area contributed by atoms with Gasteiger partial charge in [-0.1, -0.05) is 154 Å². The van der Waals surface area contributed by atoms with Crippen molar-refractivity contribution in [2.24, 2.45) is 0 Å². The molecule has 0 saturated heterocycles. The summed E-state index contributed by atoms with van der Waals surface area (Å²) >= 11 is 0. The van der Waals surface area contributed by atoms with Crippen LogP contribution in [-0.2, 0) is 28.6 Å². The number of hydrogen-bond acceptors (Lipinski definition) is 7. The lowest BCUT2D eigenvalue weighted by Gasteiger charge is -2.34. The van der Waals surface area contributed by atoms with Crippen LogP contribution in [0.25, 0.3) is 0 Å². The van der Waals surface area contributed by atoms with Crippen LogP contribution in [-0.4, -0.2) is 75.5 Å². The lowest BCUT2D eigenvalue weighted by molar-refractivity contribution is -0.889. The Balaban J connectivity index is 4.18. The summed E-state index contributed by atoms with van der Waals surface area (Å²) in [6.45, 7) is 4.57. The number of allylic oxidation sites excluding steroid dienone is 2. The smallest absolute Gasteiger partial charge is 0.306 e. The number of ether oxygens (including phenoxy) is 3. The van der Waals surface area contributed by atoms with Crippen LogP contribution in [0.1, 0.15) is 187 Å². The number of aliphatic carboxylic acids is 1. The maximum absolute atomic E-state index is 12.5. The first-order valence-corrected chi connectivity index (χ1v) is 20.7. The third-order valence-electron chi connectivity index (χ3n) is 9.42. The van der Waals surface area contributed by atoms with Gasteiger partial charge in [0.05, 0.1) is 40.3 Å². The van der Waals surface area contributed by atoms with Gasteiger partial charge in [0.25, 0.3) is 0 Å². The van der Waals surface area contributed by atoms with Gasteiger partial charge in [-0.3, -0.25) is 9.59 Å². The standard InChI is InChI=1S/C42H79NO7/c1-6-8-10-12-14-15-16-17-18-19-20-21-22-23-24-25-27-28-30-32-40(44)49-37-38(36-48-35-34-39(42(46)47)43(3,4)5)50-41(45)33-31-29-26-13-11-9-7-2/h26,29,38-39H,6-25,27-28,30-37H2,1-5H3/b29-26+. The van der Waals surface area contributed by atoms with Gasteiger partial charge in [-0.15, -0.1) is 0 Å². The van der Waals surface area contributed by atoms with Crippen molar-refractivity contribution >= 4 is 17.9 Å². The maximum atomic E-state index is 12.5. The van der Waals surface area contributed by atoms with E-state index in [0.717, 1.165) is 32.1 Å². The number of rotatable bonds is 37. The molecule has 0 fully saturated rings. The maximum Gasteiger partial charge on any atom is 0.306 e. The number of esters is 2. The molecule has 0 heterocycles. The molecule has 0 aliphatic heterocycles. The van der Waals surface area contributed by atoms with E-state index in [1.807, 2.05) is 6.08 Å². The van der Waals surface area contributed by atoms with Crippen LogP contribution in [0.2, 0.25) is 0 Å². The van der Waals surface area contributed by atoms with E-state index in [1.54, 1.807) is 21.1 Å². The first kappa shape index (κ1) is 48.1. The summed E-state index contributed by atoms with van der Waals surface area (Å²) in [6.07, 6.45) is 34.2. The first-order valence-electron chi connectivity index (χ1n) is 20.7. The zero-order valence-corrected chi connectivity index (χ0v) is 33.3. The molecule has 0 aromatic rings. The van der Waals surface area contributed by atoms with Crippen molar-refractivity contribution in [2.45, 2.75) is 199 Å². The number of quaternary nitrogens is 1. The van der Waals surface area contributed by atoms with E-state index < -0.39 is 18.1 Å². The summed E-state index contributed by atoms with van der Waals surface area (Å²) in [6, 6.07) is -0.725. The van der Waals surface area contributed by atoms with Crippen LogP contribution in [0.3, 0.4) is 0 Å². The van der Waals surface area contributed by atoms with Crippen molar-refractivity contribution in [1.29, 1.82) is 0 Å². The van der Waals surface area contributed by atoms with Crippen molar-refractivity contribution in [3.8, 4) is 0 Å². The van der Waals surface area contributed by atoms with Gasteiger partial charge < -0.3 is 28.6 Å². The van der Waals surface area contributed by atoms with Crippen molar-refractivity contribution < 1.29 is 38.2 Å². The molecule has 50 heavy (non-hydrogen) atoms. The topological polar surface area (TPSA) is 102 Å². The Labute approximate surface area is 308 Å². The summed E-state index contributed by atoms with van der Waals surface area (Å²) in [5.74, 6) is -1.80. The van der Waals surface area contributed by atoms with E-state index in [0.29, 0.717) is 12.8 Å². The van der Waals surface area contributed by atoms with Gasteiger partial charge in [-0.05, 0) is 25.7 Å². The van der Waals surface area contributed by atoms with Crippen molar-refractivity contribution in [3.05, 3.63) is 12.2 Å². The molecule has 0 aromatic heterocycles. The minimum Gasteiger partial charge on any atom is -0.544 e. The molecule has 0 aromatic carbocycles. The highest BCUT2D eigenvalue weighted by molar-refractivity contribution is 5.70. The Bertz CT molecular complexity index is 838. The molecule has 0 bridgehead atoms. The molecule has 0 rings (SSSR count). The van der Waals surface area contributed by atoms with Crippen molar-refractivity contribution in [2.75, 3.05) is 41.0 Å². The summed E-state index contributed by atoms with van der Waals surface area (Å²) in [5, 5.41) is 11.6. The quantitative estimate of drug-likeness (QED) is 0.0274. The van der Waals surface area contributed by atoms with Gasteiger partial charge in [0.1, 0.15) is 12.6 Å². The minimum absolute atomic E-state index is 0.0298. The SMILES string of the molecule is CCCCC/C=C/CCC(=O)OC(COCCC(C(=O)[O-])[N+](C)(C)C)COC(=O)CCCCCCCCCCCCCCCCCCCCC. The Hall–Kier alpha value is -1.93. The number of nitrogens with zero attached hydrogens (tertiary/aromatic N) is 1. The van der Waals surface area contributed by atoms with Gasteiger partial charge in [0.15, 0.2) is 6.10 Å². The van der Waals surface area contributed by atoms with Crippen LogP contribution < -0.4 is 5.11 Å². The van der Waals surface area contributed by atoms with Gasteiger partial charge >= 0.3 is 11.9 Å². The van der Waals surface area contributed by atoms with E-state index in [4.69, 9.17) is 14.2 Å². The van der Waals surface area contributed by atoms with Crippen LogP contribution in [0.5, 0.6) is 0 Å². The van der Waals surface area contributed by atoms with E-state index in [2.05, 4.69) is 19.9 Å². The number of carbonyl (C=O) groups is 3. The minimum atomic E-state index is -1.13. The van der Waals surface area contributed by atoms with Crippen molar-refractivity contribution in [1.82, 2.24) is 0 Å². The van der Waals surface area contributed by atoms with Crippen LogP contribution >= 0.6 is 0 Å². The number of likely N-dealkylation sites (N-methyl/N-ethyl adjacent to an activating group) is 1.